The first-order valence-corrected chi connectivity index (χ1v) is 6.49. The van der Waals surface area contributed by atoms with E-state index in [0.29, 0.717) is 17.7 Å². The second-order valence-corrected chi connectivity index (χ2v) is 4.63. The van der Waals surface area contributed by atoms with Crippen molar-refractivity contribution in [3.8, 4) is 0 Å². The molecule has 0 aliphatic heterocycles. The molecule has 1 unspecified atom stereocenters. The summed E-state index contributed by atoms with van der Waals surface area (Å²) >= 11 is 0. The normalized spacial score (nSPS) is 12.6. The fraction of sp³-hybridized carbons (Fsp3) is 0.429. The van der Waals surface area contributed by atoms with E-state index in [1.807, 2.05) is 24.3 Å². The second-order valence-electron chi connectivity index (χ2n) is 4.63. The zero-order chi connectivity index (χ0) is 13.0. The molecule has 0 fully saturated rings. The van der Waals surface area contributed by atoms with Gasteiger partial charge >= 0.3 is 0 Å². The number of nitrogens with one attached hydrogen (secondary N) is 1. The van der Waals surface area contributed by atoms with Crippen LogP contribution in [0.15, 0.2) is 24.3 Å². The average molecular weight is 244 g/mol. The molecule has 0 saturated carbocycles. The Bertz CT molecular complexity index is 524. The summed E-state index contributed by atoms with van der Waals surface area (Å²) in [6.07, 6.45) is 3.52. The highest BCUT2D eigenvalue weighted by molar-refractivity contribution is 5.79. The number of nitrogens with zero attached hydrogens (tertiary/aromatic N) is 2. The third kappa shape index (κ3) is 2.88. The summed E-state index contributed by atoms with van der Waals surface area (Å²) in [5.74, 6) is 1.16. The fourth-order valence-corrected chi connectivity index (χ4v) is 1.94. The van der Waals surface area contributed by atoms with E-state index in [-0.39, 0.29) is 0 Å². The topological polar surface area (TPSA) is 63.8 Å². The van der Waals surface area contributed by atoms with Gasteiger partial charge in [0.15, 0.2) is 11.6 Å². The van der Waals surface area contributed by atoms with Gasteiger partial charge in [-0.3, -0.25) is 0 Å². The number of fused-ring (bicyclic) bond motifs is 1. The van der Waals surface area contributed by atoms with Crippen LogP contribution in [0.2, 0.25) is 0 Å². The van der Waals surface area contributed by atoms with Gasteiger partial charge in [0.25, 0.3) is 0 Å². The van der Waals surface area contributed by atoms with Crippen LogP contribution in [0.25, 0.3) is 11.0 Å². The number of hydrogen-bond acceptors (Lipinski definition) is 4. The molecule has 0 aliphatic rings. The van der Waals surface area contributed by atoms with Gasteiger partial charge in [0.2, 0.25) is 0 Å². The highest BCUT2D eigenvalue weighted by Gasteiger charge is 2.08. The Morgan fingerprint density at radius 1 is 1.22 bits per heavy atom. The predicted octanol–water partition coefficient (Wildman–Crippen LogP) is 3.20. The standard InChI is InChI=1S/C14H20N4/c1-3-4-7-10(2)16-14-13(15)17-11-8-5-6-9-12(11)18-14/h5-6,8-10H,3-4,7H2,1-2H3,(H2,15,17)(H,16,18). The molecule has 4 heteroatoms. The lowest BCUT2D eigenvalue weighted by Gasteiger charge is -2.15. The maximum atomic E-state index is 5.93. The molecule has 4 nitrogen and oxygen atoms in total. The van der Waals surface area contributed by atoms with Crippen LogP contribution in [0.3, 0.4) is 0 Å². The molecule has 0 amide bonds. The first-order chi connectivity index (χ1) is 8.70. The van der Waals surface area contributed by atoms with Crippen molar-refractivity contribution in [1.29, 1.82) is 0 Å². The van der Waals surface area contributed by atoms with Crippen molar-refractivity contribution in [2.45, 2.75) is 39.2 Å². The summed E-state index contributed by atoms with van der Waals surface area (Å²) < 4.78 is 0. The summed E-state index contributed by atoms with van der Waals surface area (Å²) in [6, 6.07) is 8.13. The van der Waals surface area contributed by atoms with E-state index in [9.17, 15) is 0 Å². The van der Waals surface area contributed by atoms with E-state index in [1.54, 1.807) is 0 Å². The van der Waals surface area contributed by atoms with Crippen LogP contribution in [0, 0.1) is 0 Å². The van der Waals surface area contributed by atoms with E-state index in [1.165, 1.54) is 12.8 Å². The van der Waals surface area contributed by atoms with Gasteiger partial charge in [0.1, 0.15) is 0 Å². The molecule has 1 atom stereocenters. The molecule has 0 bridgehead atoms. The third-order valence-electron chi connectivity index (χ3n) is 2.97. The Labute approximate surface area is 108 Å². The molecule has 0 radical (unpaired) electrons. The molecule has 1 aromatic carbocycles. The highest BCUT2D eigenvalue weighted by Crippen LogP contribution is 2.19. The molecule has 1 aromatic heterocycles. The summed E-state index contributed by atoms with van der Waals surface area (Å²) in [5, 5.41) is 3.34. The number of rotatable bonds is 5. The number of anilines is 2. The maximum Gasteiger partial charge on any atom is 0.169 e. The van der Waals surface area contributed by atoms with Gasteiger partial charge in [0, 0.05) is 6.04 Å². The fourth-order valence-electron chi connectivity index (χ4n) is 1.94. The first-order valence-electron chi connectivity index (χ1n) is 6.49. The monoisotopic (exact) mass is 244 g/mol. The molecular formula is C14H20N4. The predicted molar refractivity (Wildman–Crippen MR) is 76.6 cm³/mol. The lowest BCUT2D eigenvalue weighted by molar-refractivity contribution is 0.643. The Morgan fingerprint density at radius 3 is 2.56 bits per heavy atom. The number of aromatic nitrogens is 2. The summed E-state index contributed by atoms with van der Waals surface area (Å²) in [6.45, 7) is 4.34. The molecule has 3 N–H and O–H groups in total. The molecule has 2 aromatic rings. The number of unbranched alkanes of at least 4 members (excludes halogenated alkanes) is 1. The van der Waals surface area contributed by atoms with Gasteiger partial charge in [-0.15, -0.1) is 0 Å². The molecular weight excluding hydrogens is 224 g/mol. The summed E-state index contributed by atoms with van der Waals surface area (Å²) in [4.78, 5) is 8.89. The van der Waals surface area contributed by atoms with Crippen molar-refractivity contribution in [3.63, 3.8) is 0 Å². The van der Waals surface area contributed by atoms with Crippen molar-refractivity contribution < 1.29 is 0 Å². The van der Waals surface area contributed by atoms with Gasteiger partial charge in [-0.25, -0.2) is 9.97 Å². The Balaban J connectivity index is 2.19. The van der Waals surface area contributed by atoms with Gasteiger partial charge in [-0.1, -0.05) is 31.9 Å². The van der Waals surface area contributed by atoms with Gasteiger partial charge in [0.05, 0.1) is 11.0 Å². The molecule has 0 aliphatic carbocycles. The third-order valence-corrected chi connectivity index (χ3v) is 2.97. The minimum Gasteiger partial charge on any atom is -0.381 e. The van der Waals surface area contributed by atoms with Crippen LogP contribution in [0.5, 0.6) is 0 Å². The van der Waals surface area contributed by atoms with E-state index in [0.717, 1.165) is 17.5 Å². The molecule has 18 heavy (non-hydrogen) atoms. The SMILES string of the molecule is CCCCC(C)Nc1nc2ccccc2nc1N. The van der Waals surface area contributed by atoms with Crippen LogP contribution in [0.1, 0.15) is 33.1 Å². The number of hydrogen-bond donors (Lipinski definition) is 2. The Kier molecular flexibility index (Phi) is 3.97. The lowest BCUT2D eigenvalue weighted by atomic mass is 10.1. The second kappa shape index (κ2) is 5.67. The van der Waals surface area contributed by atoms with E-state index in [2.05, 4.69) is 29.1 Å². The minimum absolute atomic E-state index is 0.364. The molecule has 96 valence electrons. The Hall–Kier alpha value is -1.84. The number of nitrogens with two attached hydrogens (primary N) is 1. The summed E-state index contributed by atoms with van der Waals surface area (Å²) in [7, 11) is 0. The zero-order valence-corrected chi connectivity index (χ0v) is 11.0. The smallest absolute Gasteiger partial charge is 0.169 e. The van der Waals surface area contributed by atoms with Gasteiger partial charge in [-0.05, 0) is 25.5 Å². The van der Waals surface area contributed by atoms with E-state index < -0.39 is 0 Å². The van der Waals surface area contributed by atoms with Gasteiger partial charge < -0.3 is 11.1 Å². The largest absolute Gasteiger partial charge is 0.381 e. The molecule has 1 heterocycles. The van der Waals surface area contributed by atoms with Crippen molar-refractivity contribution in [2.75, 3.05) is 11.1 Å². The minimum atomic E-state index is 0.364. The van der Waals surface area contributed by atoms with Crippen molar-refractivity contribution in [3.05, 3.63) is 24.3 Å². The van der Waals surface area contributed by atoms with Crippen molar-refractivity contribution in [1.82, 2.24) is 9.97 Å². The van der Waals surface area contributed by atoms with Crippen LogP contribution in [-0.4, -0.2) is 16.0 Å². The van der Waals surface area contributed by atoms with Crippen LogP contribution in [0.4, 0.5) is 11.6 Å². The van der Waals surface area contributed by atoms with Crippen LogP contribution >= 0.6 is 0 Å². The molecule has 0 saturated heterocycles. The lowest BCUT2D eigenvalue weighted by Crippen LogP contribution is -2.17. The van der Waals surface area contributed by atoms with Crippen molar-refractivity contribution in [2.24, 2.45) is 0 Å². The number of nitrogen functional groups attached to an aromatic ring is 1. The Morgan fingerprint density at radius 2 is 1.89 bits per heavy atom. The zero-order valence-electron chi connectivity index (χ0n) is 11.0. The summed E-state index contributed by atoms with van der Waals surface area (Å²) in [5.41, 5.74) is 7.63. The molecule has 2 rings (SSSR count). The van der Waals surface area contributed by atoms with Crippen LogP contribution in [-0.2, 0) is 0 Å². The quantitative estimate of drug-likeness (QED) is 0.847. The average Bonchev–Trinajstić information content (AvgIpc) is 2.37. The maximum absolute atomic E-state index is 5.93. The van der Waals surface area contributed by atoms with Crippen molar-refractivity contribution >= 4 is 22.7 Å². The van der Waals surface area contributed by atoms with E-state index >= 15 is 0 Å². The molecule has 0 spiro atoms. The van der Waals surface area contributed by atoms with Crippen LogP contribution < -0.4 is 11.1 Å². The van der Waals surface area contributed by atoms with Gasteiger partial charge in [-0.2, -0.15) is 0 Å². The number of para-hydroxylation sites is 2. The number of benzene rings is 1. The van der Waals surface area contributed by atoms with E-state index in [4.69, 9.17) is 5.73 Å². The highest BCUT2D eigenvalue weighted by atomic mass is 15.1. The first kappa shape index (κ1) is 12.6.